The Balaban J connectivity index is 1.81. The van der Waals surface area contributed by atoms with E-state index in [1.165, 1.54) is 70.0 Å². The number of rotatable bonds is 4. The van der Waals surface area contributed by atoms with E-state index < -0.39 is 8.22 Å². The second-order valence-electron chi connectivity index (χ2n) is 5.98. The van der Waals surface area contributed by atoms with Crippen LogP contribution in [0.4, 0.5) is 0 Å². The van der Waals surface area contributed by atoms with E-state index in [0.29, 0.717) is 0 Å². The molecule has 0 unspecified atom stereocenters. The van der Waals surface area contributed by atoms with Gasteiger partial charge in [-0.25, -0.2) is 0 Å². The monoisotopic (exact) mass is 303 g/mol. The lowest BCUT2D eigenvalue weighted by Crippen LogP contribution is -2.35. The number of hydrogen-bond acceptors (Lipinski definition) is 3. The first-order valence-corrected chi connectivity index (χ1v) is 9.51. The molecule has 3 heterocycles. The van der Waals surface area contributed by atoms with Gasteiger partial charge in [-0.15, -0.1) is 0 Å². The van der Waals surface area contributed by atoms with Crippen molar-refractivity contribution in [2.75, 3.05) is 26.2 Å². The summed E-state index contributed by atoms with van der Waals surface area (Å²) in [7, 11) is -0.425. The van der Waals surface area contributed by atoms with Crippen LogP contribution in [0.15, 0.2) is 31.0 Å². The van der Waals surface area contributed by atoms with Crippen LogP contribution in [0.25, 0.3) is 5.31 Å². The van der Waals surface area contributed by atoms with E-state index in [1.807, 2.05) is 12.3 Å². The lowest BCUT2D eigenvalue weighted by molar-refractivity contribution is 0.315. The van der Waals surface area contributed by atoms with Crippen LogP contribution in [0, 0.1) is 0 Å². The fourth-order valence-electron chi connectivity index (χ4n) is 3.29. The van der Waals surface area contributed by atoms with Crippen molar-refractivity contribution >= 4 is 13.5 Å². The Bertz CT molecular complexity index is 432. The fourth-order valence-corrected chi connectivity index (χ4v) is 5.99. The van der Waals surface area contributed by atoms with Crippen LogP contribution in [-0.4, -0.2) is 40.5 Å². The van der Waals surface area contributed by atoms with Crippen LogP contribution < -0.4 is 0 Å². The molecule has 2 fully saturated rings. The zero-order valence-electron chi connectivity index (χ0n) is 12.9. The fraction of sp³-hybridized carbons (Fsp3) is 0.588. The summed E-state index contributed by atoms with van der Waals surface area (Å²) in [5.41, 5.74) is 1.08. The van der Waals surface area contributed by atoms with Gasteiger partial charge >= 0.3 is 0 Å². The molecule has 1 aromatic rings. The summed E-state index contributed by atoms with van der Waals surface area (Å²) >= 11 is 0. The van der Waals surface area contributed by atoms with Crippen LogP contribution in [0.3, 0.4) is 0 Å². The van der Waals surface area contributed by atoms with Gasteiger partial charge in [-0.2, -0.15) is 0 Å². The highest BCUT2D eigenvalue weighted by Gasteiger charge is 2.30. The molecule has 0 aliphatic carbocycles. The van der Waals surface area contributed by atoms with Crippen LogP contribution in [0.2, 0.25) is 0 Å². The van der Waals surface area contributed by atoms with E-state index in [0.717, 1.165) is 5.69 Å². The van der Waals surface area contributed by atoms with Gasteiger partial charge in [0, 0.05) is 37.7 Å². The van der Waals surface area contributed by atoms with Crippen molar-refractivity contribution in [3.8, 4) is 0 Å². The molecule has 2 aliphatic heterocycles. The molecule has 0 spiro atoms. The number of pyridine rings is 1. The first-order valence-electron chi connectivity index (χ1n) is 8.26. The van der Waals surface area contributed by atoms with Crippen molar-refractivity contribution in [1.82, 2.24) is 14.3 Å². The quantitative estimate of drug-likeness (QED) is 0.772. The zero-order chi connectivity index (χ0) is 14.5. The summed E-state index contributed by atoms with van der Waals surface area (Å²) < 4.78 is 5.39. The molecule has 3 nitrogen and oxygen atoms in total. The van der Waals surface area contributed by atoms with Gasteiger partial charge in [0.2, 0.25) is 0 Å². The summed E-state index contributed by atoms with van der Waals surface area (Å²) in [6.45, 7) is 9.38. The van der Waals surface area contributed by atoms with Gasteiger partial charge in [0.15, 0.2) is 0 Å². The summed E-state index contributed by atoms with van der Waals surface area (Å²) in [5.74, 6) is 0. The molecule has 0 radical (unpaired) electrons. The highest BCUT2D eigenvalue weighted by molar-refractivity contribution is 7.63. The first-order chi connectivity index (χ1) is 10.4. The van der Waals surface area contributed by atoms with Crippen molar-refractivity contribution in [1.29, 1.82) is 0 Å². The minimum absolute atomic E-state index is 0.425. The Kier molecular flexibility index (Phi) is 5.40. The highest BCUT2D eigenvalue weighted by Crippen LogP contribution is 2.56. The van der Waals surface area contributed by atoms with Crippen molar-refractivity contribution in [2.45, 2.75) is 38.5 Å². The van der Waals surface area contributed by atoms with Gasteiger partial charge in [-0.05, 0) is 37.8 Å². The third-order valence-electron chi connectivity index (χ3n) is 4.40. The summed E-state index contributed by atoms with van der Waals surface area (Å²) in [6, 6.07) is 6.18. The number of aromatic nitrogens is 1. The molecule has 0 N–H and O–H groups in total. The molecule has 2 aliphatic rings. The van der Waals surface area contributed by atoms with Crippen LogP contribution >= 0.6 is 8.22 Å². The molecule has 0 aromatic carbocycles. The minimum atomic E-state index is -0.425. The van der Waals surface area contributed by atoms with Gasteiger partial charge in [0.1, 0.15) is 0 Å². The Morgan fingerprint density at radius 2 is 1.48 bits per heavy atom. The zero-order valence-corrected chi connectivity index (χ0v) is 13.8. The topological polar surface area (TPSA) is 19.4 Å². The molecule has 0 amide bonds. The lowest BCUT2D eigenvalue weighted by atomic mass is 10.2. The second-order valence-corrected chi connectivity index (χ2v) is 8.23. The van der Waals surface area contributed by atoms with E-state index in [9.17, 15) is 0 Å². The SMILES string of the molecule is C=C(c1ccccn1)P(N1CCCCC1)N1CCCCC1. The van der Waals surface area contributed by atoms with E-state index in [-0.39, 0.29) is 0 Å². The molecule has 1 aromatic heterocycles. The maximum absolute atomic E-state index is 4.55. The Morgan fingerprint density at radius 3 is 1.95 bits per heavy atom. The van der Waals surface area contributed by atoms with Crippen LogP contribution in [-0.2, 0) is 0 Å². The second kappa shape index (κ2) is 7.49. The van der Waals surface area contributed by atoms with Gasteiger partial charge in [-0.3, -0.25) is 14.3 Å². The molecule has 21 heavy (non-hydrogen) atoms. The molecule has 4 heteroatoms. The molecule has 0 atom stereocenters. The number of nitrogens with zero attached hydrogens (tertiary/aromatic N) is 3. The molecule has 114 valence electrons. The first kappa shape index (κ1) is 15.1. The smallest absolute Gasteiger partial charge is 0.0740 e. The maximum Gasteiger partial charge on any atom is 0.0740 e. The third-order valence-corrected chi connectivity index (χ3v) is 6.99. The molecular weight excluding hydrogens is 277 g/mol. The largest absolute Gasteiger partial charge is 0.266 e. The van der Waals surface area contributed by atoms with E-state index in [4.69, 9.17) is 0 Å². The van der Waals surface area contributed by atoms with Crippen molar-refractivity contribution in [3.05, 3.63) is 36.7 Å². The molecule has 0 bridgehead atoms. The minimum Gasteiger partial charge on any atom is -0.266 e. The summed E-state index contributed by atoms with van der Waals surface area (Å²) in [6.07, 6.45) is 10.0. The number of piperidine rings is 2. The Morgan fingerprint density at radius 1 is 0.905 bits per heavy atom. The van der Waals surface area contributed by atoms with E-state index in [2.05, 4.69) is 33.0 Å². The average Bonchev–Trinajstić information content (AvgIpc) is 2.58. The standard InChI is InChI=1S/C17H26N3P/c1-16(17-10-4-5-11-18-17)21(19-12-6-2-7-13-19)20-14-8-3-9-15-20/h4-5,10-11H,1-3,6-9,12-15H2. The van der Waals surface area contributed by atoms with E-state index >= 15 is 0 Å². The van der Waals surface area contributed by atoms with E-state index in [1.54, 1.807) is 0 Å². The molecular formula is C17H26N3P. The number of hydrogen-bond donors (Lipinski definition) is 0. The summed E-state index contributed by atoms with van der Waals surface area (Å²) in [4.78, 5) is 4.55. The normalized spacial score (nSPS) is 21.6. The maximum atomic E-state index is 4.55. The highest BCUT2D eigenvalue weighted by atomic mass is 31.1. The molecule has 2 saturated heterocycles. The average molecular weight is 303 g/mol. The van der Waals surface area contributed by atoms with Crippen molar-refractivity contribution in [3.63, 3.8) is 0 Å². The molecule has 0 saturated carbocycles. The van der Waals surface area contributed by atoms with Crippen LogP contribution in [0.5, 0.6) is 0 Å². The van der Waals surface area contributed by atoms with Gasteiger partial charge in [0.25, 0.3) is 0 Å². The van der Waals surface area contributed by atoms with Crippen molar-refractivity contribution in [2.24, 2.45) is 0 Å². The Hall–Kier alpha value is -0.760. The third kappa shape index (κ3) is 3.71. The van der Waals surface area contributed by atoms with Gasteiger partial charge in [0.05, 0.1) is 13.9 Å². The lowest BCUT2D eigenvalue weighted by Gasteiger charge is -2.43. The van der Waals surface area contributed by atoms with Crippen molar-refractivity contribution < 1.29 is 0 Å². The predicted octanol–water partition coefficient (Wildman–Crippen LogP) is 4.34. The van der Waals surface area contributed by atoms with Crippen LogP contribution in [0.1, 0.15) is 44.2 Å². The molecule has 3 rings (SSSR count). The summed E-state index contributed by atoms with van der Waals surface area (Å²) in [5, 5.41) is 1.24. The Labute approximate surface area is 129 Å². The van der Waals surface area contributed by atoms with Gasteiger partial charge < -0.3 is 0 Å². The van der Waals surface area contributed by atoms with Gasteiger partial charge in [-0.1, -0.05) is 25.5 Å². The predicted molar refractivity (Wildman–Crippen MR) is 91.0 cm³/mol.